The van der Waals surface area contributed by atoms with Gasteiger partial charge in [0.2, 0.25) is 0 Å². The molecule has 1 N–H and O–H groups in total. The van der Waals surface area contributed by atoms with Gasteiger partial charge in [0.25, 0.3) is 11.7 Å². The van der Waals surface area contributed by atoms with Gasteiger partial charge in [0.05, 0.1) is 25.8 Å². The molecule has 7 heteroatoms. The number of amides is 1. The van der Waals surface area contributed by atoms with Crippen molar-refractivity contribution in [2.75, 3.05) is 14.2 Å². The van der Waals surface area contributed by atoms with Crippen LogP contribution in [0.2, 0.25) is 0 Å². The average Bonchev–Trinajstić information content (AvgIpc) is 3.25. The van der Waals surface area contributed by atoms with Crippen LogP contribution in [0.4, 0.5) is 0 Å². The molecule has 0 aliphatic carbocycles. The Bertz CT molecular complexity index is 1550. The van der Waals surface area contributed by atoms with E-state index in [4.69, 9.17) is 14.2 Å². The van der Waals surface area contributed by atoms with Gasteiger partial charge < -0.3 is 24.2 Å². The lowest BCUT2D eigenvalue weighted by Crippen LogP contribution is -2.29. The summed E-state index contributed by atoms with van der Waals surface area (Å²) >= 11 is 0. The molecule has 1 unspecified atom stereocenters. The van der Waals surface area contributed by atoms with E-state index in [2.05, 4.69) is 0 Å². The van der Waals surface area contributed by atoms with Gasteiger partial charge in [-0.15, -0.1) is 0 Å². The molecule has 1 aliphatic rings. The minimum Gasteiger partial charge on any atom is -0.507 e. The average molecular weight is 536 g/mol. The Morgan fingerprint density at radius 2 is 1.48 bits per heavy atom. The summed E-state index contributed by atoms with van der Waals surface area (Å²) in [7, 11) is 3.05. The first-order valence-electron chi connectivity index (χ1n) is 12.8. The lowest BCUT2D eigenvalue weighted by molar-refractivity contribution is -0.140. The Balaban J connectivity index is 1.58. The lowest BCUT2D eigenvalue weighted by Gasteiger charge is -2.26. The van der Waals surface area contributed by atoms with Crippen molar-refractivity contribution in [1.82, 2.24) is 4.90 Å². The summed E-state index contributed by atoms with van der Waals surface area (Å²) in [4.78, 5) is 28.3. The maximum absolute atomic E-state index is 13.4. The van der Waals surface area contributed by atoms with Crippen molar-refractivity contribution in [3.05, 3.63) is 131 Å². The normalized spacial score (nSPS) is 16.1. The molecule has 1 saturated heterocycles. The number of carbonyl (C=O) groups excluding carboxylic acids is 2. The highest BCUT2D eigenvalue weighted by atomic mass is 16.5. The molecule has 0 bridgehead atoms. The fourth-order valence-electron chi connectivity index (χ4n) is 4.80. The largest absolute Gasteiger partial charge is 0.507 e. The number of aliphatic hydroxyl groups excluding tert-OH is 1. The smallest absolute Gasteiger partial charge is 0.295 e. The first-order valence-corrected chi connectivity index (χ1v) is 12.8. The lowest BCUT2D eigenvalue weighted by atomic mass is 9.94. The van der Waals surface area contributed by atoms with E-state index < -0.39 is 17.7 Å². The van der Waals surface area contributed by atoms with Gasteiger partial charge in [-0.25, -0.2) is 0 Å². The molecular formula is C33H29NO6. The molecule has 40 heavy (non-hydrogen) atoms. The summed E-state index contributed by atoms with van der Waals surface area (Å²) in [6.07, 6.45) is 0. The fraction of sp³-hybridized carbons (Fsp3) is 0.152. The van der Waals surface area contributed by atoms with E-state index in [1.165, 1.54) is 19.1 Å². The van der Waals surface area contributed by atoms with Gasteiger partial charge in [-0.3, -0.25) is 9.59 Å². The standard InChI is InChI=1S/C33H29NO6/c1-38-26-15-9-14-25(18-26)31(35)29-30(34(33(37)32(29)36)20-22-10-5-3-6-11-22)24-16-17-27(28(19-24)39-2)40-21-23-12-7-4-8-13-23/h3-19,30,35H,20-21H2,1-2H3/b31-29+. The zero-order chi connectivity index (χ0) is 28.1. The SMILES string of the molecule is COc1cccc(/C(O)=C2\C(=O)C(=O)N(Cc3ccccc3)C2c2ccc(OCc3ccccc3)c(OC)c2)c1. The van der Waals surface area contributed by atoms with Crippen LogP contribution < -0.4 is 14.2 Å². The van der Waals surface area contributed by atoms with Crippen molar-refractivity contribution in [2.45, 2.75) is 19.2 Å². The number of likely N-dealkylation sites (tertiary alicyclic amines) is 1. The van der Waals surface area contributed by atoms with Crippen LogP contribution >= 0.6 is 0 Å². The van der Waals surface area contributed by atoms with E-state index in [-0.39, 0.29) is 17.9 Å². The summed E-state index contributed by atoms with van der Waals surface area (Å²) in [6, 6.07) is 30.3. The molecule has 0 saturated carbocycles. The molecule has 1 heterocycles. The molecule has 0 aromatic heterocycles. The van der Waals surface area contributed by atoms with Crippen LogP contribution in [0.15, 0.2) is 109 Å². The van der Waals surface area contributed by atoms with Gasteiger partial charge in [-0.2, -0.15) is 0 Å². The molecule has 1 amide bonds. The van der Waals surface area contributed by atoms with Crippen molar-refractivity contribution >= 4 is 17.4 Å². The number of carbonyl (C=O) groups is 2. The van der Waals surface area contributed by atoms with Gasteiger partial charge in [0.1, 0.15) is 18.1 Å². The quantitative estimate of drug-likeness (QED) is 0.163. The van der Waals surface area contributed by atoms with Crippen molar-refractivity contribution in [3.63, 3.8) is 0 Å². The third-order valence-corrected chi connectivity index (χ3v) is 6.82. The Hall–Kier alpha value is -5.04. The number of hydrogen-bond acceptors (Lipinski definition) is 6. The molecule has 1 aliphatic heterocycles. The number of ether oxygens (including phenoxy) is 3. The van der Waals surface area contributed by atoms with E-state index in [1.54, 1.807) is 42.5 Å². The molecular weight excluding hydrogens is 506 g/mol. The summed E-state index contributed by atoms with van der Waals surface area (Å²) in [5.41, 5.74) is 2.82. The van der Waals surface area contributed by atoms with Crippen LogP contribution in [-0.2, 0) is 22.7 Å². The second-order valence-corrected chi connectivity index (χ2v) is 9.33. The Morgan fingerprint density at radius 1 is 0.775 bits per heavy atom. The highest BCUT2D eigenvalue weighted by molar-refractivity contribution is 6.46. The van der Waals surface area contributed by atoms with E-state index >= 15 is 0 Å². The minimum atomic E-state index is -0.858. The topological polar surface area (TPSA) is 85.3 Å². The third kappa shape index (κ3) is 5.40. The van der Waals surface area contributed by atoms with E-state index in [9.17, 15) is 14.7 Å². The van der Waals surface area contributed by atoms with E-state index in [1.807, 2.05) is 60.7 Å². The predicted molar refractivity (Wildman–Crippen MR) is 151 cm³/mol. The number of benzene rings is 4. The van der Waals surface area contributed by atoms with Crippen molar-refractivity contribution < 1.29 is 28.9 Å². The number of ketones is 1. The van der Waals surface area contributed by atoms with E-state index in [0.29, 0.717) is 35.0 Å². The van der Waals surface area contributed by atoms with Gasteiger partial charge in [0.15, 0.2) is 11.5 Å². The van der Waals surface area contributed by atoms with Crippen molar-refractivity contribution in [3.8, 4) is 17.2 Å². The summed E-state index contributed by atoms with van der Waals surface area (Å²) < 4.78 is 17.0. The first-order chi connectivity index (χ1) is 19.5. The van der Waals surface area contributed by atoms with Crippen molar-refractivity contribution in [2.24, 2.45) is 0 Å². The van der Waals surface area contributed by atoms with Crippen LogP contribution in [0.1, 0.15) is 28.3 Å². The van der Waals surface area contributed by atoms with Gasteiger partial charge in [-0.05, 0) is 41.0 Å². The Morgan fingerprint density at radius 3 is 2.15 bits per heavy atom. The van der Waals surface area contributed by atoms with Gasteiger partial charge >= 0.3 is 0 Å². The maximum Gasteiger partial charge on any atom is 0.295 e. The van der Waals surface area contributed by atoms with Crippen LogP contribution in [0.25, 0.3) is 5.76 Å². The Labute approximate surface area is 232 Å². The highest BCUT2D eigenvalue weighted by Crippen LogP contribution is 2.43. The number of Topliss-reactive ketones (excluding diaryl/α,β-unsaturated/α-hetero) is 1. The number of nitrogens with zero attached hydrogens (tertiary/aromatic N) is 1. The van der Waals surface area contributed by atoms with Gasteiger partial charge in [0, 0.05) is 12.1 Å². The second kappa shape index (κ2) is 11.8. The Kier molecular flexibility index (Phi) is 7.82. The molecule has 1 atom stereocenters. The summed E-state index contributed by atoms with van der Waals surface area (Å²) in [5.74, 6) is -0.254. The van der Waals surface area contributed by atoms with Crippen LogP contribution in [0, 0.1) is 0 Å². The molecule has 0 radical (unpaired) electrons. The molecule has 7 nitrogen and oxygen atoms in total. The third-order valence-electron chi connectivity index (χ3n) is 6.82. The molecule has 1 fully saturated rings. The highest BCUT2D eigenvalue weighted by Gasteiger charge is 2.46. The number of hydrogen-bond donors (Lipinski definition) is 1. The van der Waals surface area contributed by atoms with Crippen molar-refractivity contribution in [1.29, 1.82) is 0 Å². The van der Waals surface area contributed by atoms with Crippen LogP contribution in [0.5, 0.6) is 17.2 Å². The molecule has 4 aromatic carbocycles. The number of aliphatic hydroxyl groups is 1. The molecule has 202 valence electrons. The van der Waals surface area contributed by atoms with Crippen LogP contribution in [-0.4, -0.2) is 35.9 Å². The maximum atomic E-state index is 13.4. The number of methoxy groups -OCH3 is 2. The summed E-state index contributed by atoms with van der Waals surface area (Å²) in [5, 5.41) is 11.4. The predicted octanol–water partition coefficient (Wildman–Crippen LogP) is 5.90. The minimum absolute atomic E-state index is 0.00538. The van der Waals surface area contributed by atoms with E-state index in [0.717, 1.165) is 11.1 Å². The summed E-state index contributed by atoms with van der Waals surface area (Å²) in [6.45, 7) is 0.526. The van der Waals surface area contributed by atoms with Gasteiger partial charge in [-0.1, -0.05) is 78.9 Å². The first kappa shape index (κ1) is 26.6. The molecule has 5 rings (SSSR count). The fourth-order valence-corrected chi connectivity index (χ4v) is 4.80. The zero-order valence-corrected chi connectivity index (χ0v) is 22.2. The second-order valence-electron chi connectivity index (χ2n) is 9.33. The molecule has 0 spiro atoms. The molecule has 4 aromatic rings. The zero-order valence-electron chi connectivity index (χ0n) is 22.2. The monoisotopic (exact) mass is 535 g/mol. The van der Waals surface area contributed by atoms with Crippen LogP contribution in [0.3, 0.4) is 0 Å². The number of rotatable bonds is 9.